The monoisotopic (exact) mass is 222 g/mol. The molecule has 0 bridgehead atoms. The lowest BCUT2D eigenvalue weighted by molar-refractivity contribution is 0.0659. The van der Waals surface area contributed by atoms with Crippen molar-refractivity contribution in [2.75, 3.05) is 19.8 Å². The first-order chi connectivity index (χ1) is 7.93. The fraction of sp³-hybridized carbons (Fsp3) is 0.500. The van der Waals surface area contributed by atoms with Crippen molar-refractivity contribution in [2.24, 2.45) is 0 Å². The van der Waals surface area contributed by atoms with Crippen LogP contribution in [0.1, 0.15) is 11.9 Å². The maximum Gasteiger partial charge on any atom is 0.246 e. The lowest BCUT2D eigenvalue weighted by Crippen LogP contribution is -2.34. The second kappa shape index (κ2) is 3.99. The van der Waals surface area contributed by atoms with Gasteiger partial charge in [-0.2, -0.15) is 20.4 Å². The summed E-state index contributed by atoms with van der Waals surface area (Å²) in [5.74, 6) is 0.939. The van der Waals surface area contributed by atoms with Crippen molar-refractivity contribution in [2.45, 2.75) is 6.04 Å². The number of ether oxygens (including phenoxy) is 1. The molecule has 16 heavy (non-hydrogen) atoms. The Balaban J connectivity index is 1.82. The van der Waals surface area contributed by atoms with Crippen molar-refractivity contribution in [1.82, 2.24) is 30.9 Å². The number of hydrogen-bond donors (Lipinski definition) is 2. The maximum atomic E-state index is 5.31. The van der Waals surface area contributed by atoms with Gasteiger partial charge in [-0.05, 0) is 0 Å². The van der Waals surface area contributed by atoms with Gasteiger partial charge >= 0.3 is 0 Å². The van der Waals surface area contributed by atoms with E-state index in [1.54, 1.807) is 6.20 Å². The number of aromatic nitrogens is 5. The van der Waals surface area contributed by atoms with E-state index in [4.69, 9.17) is 9.26 Å². The standard InChI is InChI=1S/C8H10N6O2/c1-2-15-4-6(9-1)8-11-7(13-16-8)5-3-10-14-12-5/h3,6,9H,1-2,4H2,(H,10,12,14). The minimum atomic E-state index is -0.0399. The minimum Gasteiger partial charge on any atom is -0.378 e. The van der Waals surface area contributed by atoms with Crippen LogP contribution >= 0.6 is 0 Å². The highest BCUT2D eigenvalue weighted by Gasteiger charge is 2.22. The molecular formula is C8H10N6O2. The van der Waals surface area contributed by atoms with Gasteiger partial charge in [0.05, 0.1) is 19.4 Å². The molecule has 3 heterocycles. The Morgan fingerprint density at radius 2 is 2.44 bits per heavy atom. The lowest BCUT2D eigenvalue weighted by Gasteiger charge is -2.20. The average molecular weight is 222 g/mol. The van der Waals surface area contributed by atoms with Crippen LogP contribution in [0.3, 0.4) is 0 Å². The van der Waals surface area contributed by atoms with Gasteiger partial charge in [-0.1, -0.05) is 5.16 Å². The largest absolute Gasteiger partial charge is 0.378 e. The Labute approximate surface area is 90.4 Å². The van der Waals surface area contributed by atoms with Crippen molar-refractivity contribution < 1.29 is 9.26 Å². The van der Waals surface area contributed by atoms with Crippen LogP contribution in [0.5, 0.6) is 0 Å². The molecule has 3 rings (SSSR count). The first-order valence-electron chi connectivity index (χ1n) is 4.94. The Bertz CT molecular complexity index is 447. The first kappa shape index (κ1) is 9.43. The van der Waals surface area contributed by atoms with E-state index in [1.165, 1.54) is 0 Å². The van der Waals surface area contributed by atoms with E-state index >= 15 is 0 Å². The minimum absolute atomic E-state index is 0.0399. The van der Waals surface area contributed by atoms with E-state index < -0.39 is 0 Å². The van der Waals surface area contributed by atoms with Crippen LogP contribution in [-0.4, -0.2) is 45.3 Å². The summed E-state index contributed by atoms with van der Waals surface area (Å²) < 4.78 is 10.5. The summed E-state index contributed by atoms with van der Waals surface area (Å²) in [6.07, 6.45) is 1.54. The number of morpholine rings is 1. The predicted octanol–water partition coefficient (Wildman–Crippen LogP) is -0.484. The van der Waals surface area contributed by atoms with Crippen LogP contribution in [0.15, 0.2) is 10.7 Å². The molecule has 1 atom stereocenters. The molecule has 8 nitrogen and oxygen atoms in total. The topological polar surface area (TPSA) is 102 Å². The summed E-state index contributed by atoms with van der Waals surface area (Å²) in [4.78, 5) is 4.23. The number of rotatable bonds is 2. The van der Waals surface area contributed by atoms with Crippen molar-refractivity contribution >= 4 is 0 Å². The van der Waals surface area contributed by atoms with Crippen LogP contribution in [-0.2, 0) is 4.74 Å². The van der Waals surface area contributed by atoms with E-state index in [1.807, 2.05) is 0 Å². The van der Waals surface area contributed by atoms with Gasteiger partial charge in [0.15, 0.2) is 5.69 Å². The Morgan fingerprint density at radius 3 is 3.19 bits per heavy atom. The molecule has 2 aromatic rings. The predicted molar refractivity (Wildman–Crippen MR) is 51.2 cm³/mol. The zero-order valence-electron chi connectivity index (χ0n) is 8.38. The van der Waals surface area contributed by atoms with Crippen molar-refractivity contribution in [3.63, 3.8) is 0 Å². The van der Waals surface area contributed by atoms with Gasteiger partial charge in [0.2, 0.25) is 11.7 Å². The number of H-pyrrole nitrogens is 1. The third-order valence-electron chi connectivity index (χ3n) is 2.31. The number of nitrogens with one attached hydrogen (secondary N) is 2. The molecule has 0 amide bonds. The fourth-order valence-corrected chi connectivity index (χ4v) is 1.51. The van der Waals surface area contributed by atoms with Crippen LogP contribution in [0.2, 0.25) is 0 Å². The molecule has 2 aromatic heterocycles. The molecule has 0 saturated carbocycles. The number of aromatic amines is 1. The Morgan fingerprint density at radius 1 is 1.44 bits per heavy atom. The molecule has 84 valence electrons. The highest BCUT2D eigenvalue weighted by Crippen LogP contribution is 2.17. The molecule has 0 aliphatic carbocycles. The van der Waals surface area contributed by atoms with Crippen molar-refractivity contribution in [3.8, 4) is 11.5 Å². The van der Waals surface area contributed by atoms with Gasteiger partial charge in [-0.15, -0.1) is 0 Å². The molecule has 8 heteroatoms. The van der Waals surface area contributed by atoms with E-state index in [-0.39, 0.29) is 6.04 Å². The van der Waals surface area contributed by atoms with E-state index in [0.29, 0.717) is 30.6 Å². The maximum absolute atomic E-state index is 5.31. The van der Waals surface area contributed by atoms with E-state index in [9.17, 15) is 0 Å². The van der Waals surface area contributed by atoms with Gasteiger partial charge < -0.3 is 14.6 Å². The zero-order valence-corrected chi connectivity index (χ0v) is 8.38. The van der Waals surface area contributed by atoms with E-state index in [0.717, 1.165) is 6.54 Å². The van der Waals surface area contributed by atoms with Gasteiger partial charge in [0.1, 0.15) is 6.04 Å². The van der Waals surface area contributed by atoms with Crippen LogP contribution in [0.4, 0.5) is 0 Å². The molecule has 1 unspecified atom stereocenters. The van der Waals surface area contributed by atoms with E-state index in [2.05, 4.69) is 30.9 Å². The highest BCUT2D eigenvalue weighted by atomic mass is 16.5. The van der Waals surface area contributed by atoms with Crippen LogP contribution in [0.25, 0.3) is 11.5 Å². The molecule has 0 radical (unpaired) electrons. The Kier molecular flexibility index (Phi) is 2.35. The zero-order chi connectivity index (χ0) is 10.8. The summed E-state index contributed by atoms with van der Waals surface area (Å²) in [6.45, 7) is 2.04. The first-order valence-corrected chi connectivity index (χ1v) is 4.94. The molecule has 0 spiro atoms. The number of nitrogens with zero attached hydrogens (tertiary/aromatic N) is 4. The van der Waals surface area contributed by atoms with Gasteiger partial charge in [-0.3, -0.25) is 0 Å². The molecule has 1 aliphatic heterocycles. The van der Waals surface area contributed by atoms with Crippen LogP contribution in [0, 0.1) is 0 Å². The van der Waals surface area contributed by atoms with Gasteiger partial charge in [-0.25, -0.2) is 0 Å². The third kappa shape index (κ3) is 1.68. The Hall–Kier alpha value is -1.80. The molecule has 1 fully saturated rings. The summed E-state index contributed by atoms with van der Waals surface area (Å²) in [6, 6.07) is -0.0399. The number of hydrogen-bond acceptors (Lipinski definition) is 7. The second-order valence-electron chi connectivity index (χ2n) is 3.39. The highest BCUT2D eigenvalue weighted by molar-refractivity contribution is 5.44. The van der Waals surface area contributed by atoms with Crippen molar-refractivity contribution in [3.05, 3.63) is 12.1 Å². The smallest absolute Gasteiger partial charge is 0.246 e. The summed E-state index contributed by atoms with van der Waals surface area (Å²) >= 11 is 0. The van der Waals surface area contributed by atoms with Crippen LogP contribution < -0.4 is 5.32 Å². The van der Waals surface area contributed by atoms with Gasteiger partial charge in [0.25, 0.3) is 0 Å². The second-order valence-corrected chi connectivity index (χ2v) is 3.39. The quantitative estimate of drug-likeness (QED) is 0.707. The third-order valence-corrected chi connectivity index (χ3v) is 2.31. The summed E-state index contributed by atoms with van der Waals surface area (Å²) in [7, 11) is 0. The fourth-order valence-electron chi connectivity index (χ4n) is 1.51. The van der Waals surface area contributed by atoms with Gasteiger partial charge in [0, 0.05) is 6.54 Å². The molecule has 1 saturated heterocycles. The summed E-state index contributed by atoms with van der Waals surface area (Å²) in [5.41, 5.74) is 0.562. The molecular weight excluding hydrogens is 212 g/mol. The molecule has 0 aromatic carbocycles. The van der Waals surface area contributed by atoms with Crippen molar-refractivity contribution in [1.29, 1.82) is 0 Å². The normalized spacial score (nSPS) is 21.1. The summed E-state index contributed by atoms with van der Waals surface area (Å²) in [5, 5.41) is 17.1. The SMILES string of the molecule is c1n[nH]nc1-c1noc(C2COCCN2)n1. The molecule has 2 N–H and O–H groups in total. The average Bonchev–Trinajstić information content (AvgIpc) is 3.01. The lowest BCUT2D eigenvalue weighted by atomic mass is 10.3. The molecule has 1 aliphatic rings.